The second-order valence-electron chi connectivity index (χ2n) is 6.58. The van der Waals surface area contributed by atoms with Crippen LogP contribution < -0.4 is 4.72 Å². The number of amides is 2. The van der Waals surface area contributed by atoms with E-state index in [9.17, 15) is 18.0 Å². The van der Waals surface area contributed by atoms with Gasteiger partial charge in [0.15, 0.2) is 0 Å². The molecule has 1 aromatic carbocycles. The topological polar surface area (TPSA) is 86.8 Å². The van der Waals surface area contributed by atoms with E-state index < -0.39 is 10.0 Å². The summed E-state index contributed by atoms with van der Waals surface area (Å²) in [5.74, 6) is 0.0658. The summed E-state index contributed by atoms with van der Waals surface area (Å²) < 4.78 is 24.9. The molecule has 2 rings (SSSR count). The molecule has 8 heteroatoms. The Hall–Kier alpha value is -2.09. The van der Waals surface area contributed by atoms with Gasteiger partial charge in [-0.05, 0) is 37.1 Å². The third kappa shape index (κ3) is 6.01. The predicted molar refractivity (Wildman–Crippen MR) is 102 cm³/mol. The molecule has 26 heavy (non-hydrogen) atoms. The molecule has 7 nitrogen and oxygen atoms in total. The second kappa shape index (κ2) is 9.02. The van der Waals surface area contributed by atoms with Crippen LogP contribution in [0.25, 0.3) is 0 Å². The van der Waals surface area contributed by atoms with Crippen molar-refractivity contribution in [2.24, 2.45) is 0 Å². The Kier molecular flexibility index (Phi) is 7.02. The molecule has 1 aliphatic heterocycles. The van der Waals surface area contributed by atoms with Crippen LogP contribution in [0, 0.1) is 0 Å². The van der Waals surface area contributed by atoms with Crippen molar-refractivity contribution in [1.82, 2.24) is 9.80 Å². The van der Waals surface area contributed by atoms with Crippen LogP contribution in [0.1, 0.15) is 43.0 Å². The standard InChI is InChI=1S/C18H27N3O4S/c1-3-4-6-17(22)20-11-5-12-21(14-13-20)18(23)15-7-9-16(10-8-15)19-26(2,24)25/h7-10,19H,3-6,11-14H2,1-2H3. The largest absolute Gasteiger partial charge is 0.341 e. The number of hydrogen-bond donors (Lipinski definition) is 1. The fourth-order valence-corrected chi connectivity index (χ4v) is 3.50. The molecule has 0 unspecified atom stereocenters. The maximum Gasteiger partial charge on any atom is 0.253 e. The Morgan fingerprint density at radius 3 is 2.27 bits per heavy atom. The smallest absolute Gasteiger partial charge is 0.253 e. The summed E-state index contributed by atoms with van der Waals surface area (Å²) in [5, 5.41) is 0. The van der Waals surface area contributed by atoms with Crippen molar-refractivity contribution in [3.05, 3.63) is 29.8 Å². The number of rotatable bonds is 6. The van der Waals surface area contributed by atoms with Crippen LogP contribution >= 0.6 is 0 Å². The maximum absolute atomic E-state index is 12.7. The Bertz CT molecular complexity index is 731. The highest BCUT2D eigenvalue weighted by Crippen LogP contribution is 2.14. The molecule has 0 spiro atoms. The molecule has 1 aromatic rings. The molecular weight excluding hydrogens is 354 g/mol. The number of carbonyl (C=O) groups excluding carboxylic acids is 2. The number of nitrogens with one attached hydrogen (secondary N) is 1. The van der Waals surface area contributed by atoms with Crippen molar-refractivity contribution in [3.8, 4) is 0 Å². The van der Waals surface area contributed by atoms with Gasteiger partial charge >= 0.3 is 0 Å². The van der Waals surface area contributed by atoms with Crippen LogP contribution in [-0.2, 0) is 14.8 Å². The Labute approximate surface area is 155 Å². The predicted octanol–water partition coefficient (Wildman–Crippen LogP) is 1.92. The van der Waals surface area contributed by atoms with Gasteiger partial charge in [-0.1, -0.05) is 13.3 Å². The van der Waals surface area contributed by atoms with Crippen LogP contribution in [0.3, 0.4) is 0 Å². The number of nitrogens with zero attached hydrogens (tertiary/aromatic N) is 2. The van der Waals surface area contributed by atoms with Gasteiger partial charge in [0.1, 0.15) is 0 Å². The minimum atomic E-state index is -3.34. The summed E-state index contributed by atoms with van der Waals surface area (Å²) in [6, 6.07) is 6.38. The van der Waals surface area contributed by atoms with Crippen LogP contribution in [0.15, 0.2) is 24.3 Å². The van der Waals surface area contributed by atoms with Crippen molar-refractivity contribution in [1.29, 1.82) is 0 Å². The molecular formula is C18H27N3O4S. The molecule has 0 aliphatic carbocycles. The first-order valence-electron chi connectivity index (χ1n) is 8.95. The quantitative estimate of drug-likeness (QED) is 0.816. The molecule has 0 saturated carbocycles. The summed E-state index contributed by atoms with van der Waals surface area (Å²) in [6.45, 7) is 4.43. The highest BCUT2D eigenvalue weighted by molar-refractivity contribution is 7.92. The molecule has 1 saturated heterocycles. The average molecular weight is 381 g/mol. The number of anilines is 1. The zero-order valence-corrected chi connectivity index (χ0v) is 16.2. The number of benzene rings is 1. The van der Waals surface area contributed by atoms with E-state index in [1.807, 2.05) is 4.90 Å². The number of carbonyl (C=O) groups is 2. The Balaban J connectivity index is 1.96. The zero-order valence-electron chi connectivity index (χ0n) is 15.4. The van der Waals surface area contributed by atoms with Crippen LogP contribution in [0.5, 0.6) is 0 Å². The van der Waals surface area contributed by atoms with Crippen molar-refractivity contribution < 1.29 is 18.0 Å². The lowest BCUT2D eigenvalue weighted by atomic mass is 10.2. The molecule has 1 heterocycles. The van der Waals surface area contributed by atoms with Crippen LogP contribution in [0.2, 0.25) is 0 Å². The van der Waals surface area contributed by atoms with Crippen molar-refractivity contribution in [2.45, 2.75) is 32.6 Å². The molecule has 0 radical (unpaired) electrons. The summed E-state index contributed by atoms with van der Waals surface area (Å²) in [4.78, 5) is 28.5. The van der Waals surface area contributed by atoms with E-state index in [2.05, 4.69) is 11.6 Å². The fourth-order valence-electron chi connectivity index (χ4n) is 2.93. The van der Waals surface area contributed by atoms with Gasteiger partial charge in [0.2, 0.25) is 15.9 Å². The van der Waals surface area contributed by atoms with E-state index in [1.54, 1.807) is 29.2 Å². The third-order valence-corrected chi connectivity index (χ3v) is 4.92. The molecule has 1 fully saturated rings. The summed E-state index contributed by atoms with van der Waals surface area (Å²) >= 11 is 0. The maximum atomic E-state index is 12.7. The monoisotopic (exact) mass is 381 g/mol. The molecule has 0 atom stereocenters. The molecule has 2 amide bonds. The summed E-state index contributed by atoms with van der Waals surface area (Å²) in [7, 11) is -3.34. The normalized spacial score (nSPS) is 15.5. The van der Waals surface area contributed by atoms with Crippen LogP contribution in [-0.4, -0.2) is 62.5 Å². The van der Waals surface area contributed by atoms with Gasteiger partial charge in [-0.2, -0.15) is 0 Å². The Morgan fingerprint density at radius 2 is 1.65 bits per heavy atom. The lowest BCUT2D eigenvalue weighted by Gasteiger charge is -2.22. The van der Waals surface area contributed by atoms with Crippen LogP contribution in [0.4, 0.5) is 5.69 Å². The first kappa shape index (κ1) is 20.2. The average Bonchev–Trinajstić information content (AvgIpc) is 2.84. The molecule has 1 aliphatic rings. The SMILES string of the molecule is CCCCC(=O)N1CCCN(C(=O)c2ccc(NS(C)(=O)=O)cc2)CC1. The summed E-state index contributed by atoms with van der Waals surface area (Å²) in [5.41, 5.74) is 0.933. The fraction of sp³-hybridized carbons (Fsp3) is 0.556. The van der Waals surface area contributed by atoms with Crippen molar-refractivity contribution in [2.75, 3.05) is 37.2 Å². The van der Waals surface area contributed by atoms with E-state index in [4.69, 9.17) is 0 Å². The molecule has 0 bridgehead atoms. The lowest BCUT2D eigenvalue weighted by molar-refractivity contribution is -0.131. The van der Waals surface area contributed by atoms with E-state index in [0.29, 0.717) is 43.9 Å². The number of hydrogen-bond acceptors (Lipinski definition) is 4. The Morgan fingerprint density at radius 1 is 1.04 bits per heavy atom. The number of unbranched alkanes of at least 4 members (excludes halogenated alkanes) is 1. The van der Waals surface area contributed by atoms with Gasteiger partial charge < -0.3 is 9.80 Å². The highest BCUT2D eigenvalue weighted by Gasteiger charge is 2.22. The van der Waals surface area contributed by atoms with Gasteiger partial charge in [-0.15, -0.1) is 0 Å². The molecule has 0 aromatic heterocycles. The van der Waals surface area contributed by atoms with E-state index in [1.165, 1.54) is 0 Å². The second-order valence-corrected chi connectivity index (χ2v) is 8.33. The zero-order chi connectivity index (χ0) is 19.2. The van der Waals surface area contributed by atoms with Gasteiger partial charge in [-0.25, -0.2) is 8.42 Å². The summed E-state index contributed by atoms with van der Waals surface area (Å²) in [6.07, 6.45) is 4.30. The molecule has 144 valence electrons. The van der Waals surface area contributed by atoms with Gasteiger partial charge in [0.25, 0.3) is 5.91 Å². The van der Waals surface area contributed by atoms with Crippen molar-refractivity contribution >= 4 is 27.5 Å². The van der Waals surface area contributed by atoms with Gasteiger partial charge in [0, 0.05) is 43.9 Å². The first-order valence-corrected chi connectivity index (χ1v) is 10.8. The van der Waals surface area contributed by atoms with E-state index in [-0.39, 0.29) is 11.8 Å². The minimum absolute atomic E-state index is 0.0984. The van der Waals surface area contributed by atoms with E-state index >= 15 is 0 Å². The first-order chi connectivity index (χ1) is 12.3. The highest BCUT2D eigenvalue weighted by atomic mass is 32.2. The van der Waals surface area contributed by atoms with Gasteiger partial charge in [-0.3, -0.25) is 14.3 Å². The third-order valence-electron chi connectivity index (χ3n) is 4.32. The van der Waals surface area contributed by atoms with E-state index in [0.717, 1.165) is 25.5 Å². The lowest BCUT2D eigenvalue weighted by Crippen LogP contribution is -2.37. The number of sulfonamides is 1. The van der Waals surface area contributed by atoms with Gasteiger partial charge in [0.05, 0.1) is 6.26 Å². The molecule has 1 N–H and O–H groups in total. The van der Waals surface area contributed by atoms with Crippen molar-refractivity contribution in [3.63, 3.8) is 0 Å². The minimum Gasteiger partial charge on any atom is -0.341 e.